The highest BCUT2D eigenvalue weighted by Gasteiger charge is 2.58. The molecular weight excluding hydrogens is 378 g/mol. The fraction of sp³-hybridized carbons (Fsp3) is 0.435. The lowest BCUT2D eigenvalue weighted by molar-refractivity contribution is 0.160. The van der Waals surface area contributed by atoms with E-state index in [1.54, 1.807) is 20.3 Å². The van der Waals surface area contributed by atoms with Crippen LogP contribution in [0.5, 0.6) is 11.5 Å². The Bertz CT molecular complexity index is 1070. The molecule has 1 aromatic carbocycles. The highest BCUT2D eigenvalue weighted by atomic mass is 16.5. The van der Waals surface area contributed by atoms with Gasteiger partial charge in [0.15, 0.2) is 16.9 Å². The van der Waals surface area contributed by atoms with Gasteiger partial charge in [0.25, 0.3) is 0 Å². The van der Waals surface area contributed by atoms with Gasteiger partial charge in [-0.3, -0.25) is 4.90 Å². The first kappa shape index (κ1) is 19.8. The average Bonchev–Trinajstić information content (AvgIpc) is 3.01. The first-order chi connectivity index (χ1) is 14.5. The summed E-state index contributed by atoms with van der Waals surface area (Å²) in [6.07, 6.45) is 4.01. The van der Waals surface area contributed by atoms with Crippen molar-refractivity contribution in [3.05, 3.63) is 46.7 Å². The number of nitrogens with zero attached hydrogens (tertiary/aromatic N) is 4. The van der Waals surface area contributed by atoms with Gasteiger partial charge in [0.05, 0.1) is 37.6 Å². The third-order valence-corrected chi connectivity index (χ3v) is 6.99. The van der Waals surface area contributed by atoms with Crippen LogP contribution in [0.15, 0.2) is 41.1 Å². The molecule has 0 amide bonds. The molecule has 2 heterocycles. The summed E-state index contributed by atoms with van der Waals surface area (Å²) in [5, 5.41) is 30.3. The van der Waals surface area contributed by atoms with Gasteiger partial charge in [-0.25, -0.2) is 0 Å². The van der Waals surface area contributed by atoms with E-state index in [0.29, 0.717) is 11.5 Å². The van der Waals surface area contributed by atoms with E-state index in [0.717, 1.165) is 24.0 Å². The van der Waals surface area contributed by atoms with Gasteiger partial charge in [-0.05, 0) is 43.2 Å². The second-order valence-electron chi connectivity index (χ2n) is 8.05. The molecule has 2 aliphatic heterocycles. The molecule has 1 aliphatic carbocycles. The van der Waals surface area contributed by atoms with E-state index >= 15 is 0 Å². The Kier molecular flexibility index (Phi) is 4.69. The Morgan fingerprint density at radius 1 is 1.10 bits per heavy atom. The topological polar surface area (TPSA) is 119 Å². The number of fused-ring (bicyclic) bond motifs is 4. The second-order valence-corrected chi connectivity index (χ2v) is 8.05. The summed E-state index contributed by atoms with van der Waals surface area (Å²) in [5.74, 6) is 0.345. The number of methoxy groups -OCH3 is 2. The van der Waals surface area contributed by atoms with Crippen LogP contribution in [0.25, 0.3) is 0 Å². The average molecular weight is 401 g/mol. The molecule has 0 unspecified atom stereocenters. The van der Waals surface area contributed by atoms with E-state index in [9.17, 15) is 15.8 Å². The van der Waals surface area contributed by atoms with Crippen LogP contribution in [0, 0.1) is 45.3 Å². The maximum Gasteiger partial charge on any atom is 0.191 e. The lowest BCUT2D eigenvalue weighted by atomic mass is 9.56. The van der Waals surface area contributed by atoms with Crippen molar-refractivity contribution in [2.75, 3.05) is 21.3 Å². The predicted molar refractivity (Wildman–Crippen MR) is 109 cm³/mol. The van der Waals surface area contributed by atoms with Crippen LogP contribution in [0.2, 0.25) is 0 Å². The minimum atomic E-state index is -1.65. The van der Waals surface area contributed by atoms with Crippen LogP contribution in [-0.2, 0) is 0 Å². The summed E-state index contributed by atoms with van der Waals surface area (Å²) in [5.41, 5.74) is 6.71. The monoisotopic (exact) mass is 401 g/mol. The van der Waals surface area contributed by atoms with Crippen LogP contribution in [0.3, 0.4) is 0 Å². The number of allylic oxidation sites excluding steroid dienone is 2. The zero-order valence-corrected chi connectivity index (χ0v) is 17.2. The zero-order valence-electron chi connectivity index (χ0n) is 17.2. The van der Waals surface area contributed by atoms with E-state index in [1.807, 2.05) is 12.1 Å². The number of ether oxygens (including phenoxy) is 2. The molecule has 7 nitrogen and oxygen atoms in total. The van der Waals surface area contributed by atoms with Gasteiger partial charge in [0.1, 0.15) is 6.07 Å². The molecule has 1 saturated heterocycles. The largest absolute Gasteiger partial charge is 0.493 e. The lowest BCUT2D eigenvalue weighted by Gasteiger charge is -2.48. The van der Waals surface area contributed by atoms with Crippen LogP contribution in [0.4, 0.5) is 0 Å². The number of hydrogen-bond donors (Lipinski definition) is 1. The quantitative estimate of drug-likeness (QED) is 0.826. The van der Waals surface area contributed by atoms with E-state index in [2.05, 4.69) is 36.2 Å². The van der Waals surface area contributed by atoms with Crippen molar-refractivity contribution < 1.29 is 9.47 Å². The molecule has 1 aromatic rings. The van der Waals surface area contributed by atoms with Crippen molar-refractivity contribution >= 4 is 0 Å². The molecule has 3 aliphatic rings. The van der Waals surface area contributed by atoms with Gasteiger partial charge in [-0.1, -0.05) is 12.1 Å². The first-order valence-corrected chi connectivity index (χ1v) is 9.86. The van der Waals surface area contributed by atoms with Gasteiger partial charge in [-0.2, -0.15) is 15.8 Å². The summed E-state index contributed by atoms with van der Waals surface area (Å²) < 4.78 is 10.8. The molecule has 0 aromatic heterocycles. The van der Waals surface area contributed by atoms with Crippen LogP contribution >= 0.6 is 0 Å². The third-order valence-electron chi connectivity index (χ3n) is 6.99. The second kappa shape index (κ2) is 7.10. The highest BCUT2D eigenvalue weighted by Crippen LogP contribution is 2.58. The Labute approximate surface area is 176 Å². The number of hydrogen-bond acceptors (Lipinski definition) is 7. The van der Waals surface area contributed by atoms with E-state index < -0.39 is 11.3 Å². The number of likely N-dealkylation sites (N-methyl/N-ethyl adjacent to an activating group) is 1. The standard InChI is InChI=1S/C23H23N5O2/c1-28-14-5-6-17(28)20-15(9-14)16(10-24)22(27)23(11-25,12-26)21(20)13-4-7-18(29-2)19(8-13)30-3/h4,7-9,14,17,20-21H,5-6,27H2,1-3H3/t14-,17+,20-,21+/m1/s1. The number of rotatable bonds is 3. The maximum absolute atomic E-state index is 10.2. The van der Waals surface area contributed by atoms with Crippen molar-refractivity contribution in [3.8, 4) is 29.7 Å². The van der Waals surface area contributed by atoms with Gasteiger partial charge in [0.2, 0.25) is 0 Å². The molecule has 4 atom stereocenters. The van der Waals surface area contributed by atoms with Crippen molar-refractivity contribution in [1.82, 2.24) is 4.90 Å². The molecule has 0 spiro atoms. The fourth-order valence-corrected chi connectivity index (χ4v) is 5.51. The molecular formula is C23H23N5O2. The number of benzene rings is 1. The molecule has 2 bridgehead atoms. The Balaban J connectivity index is 2.03. The summed E-state index contributed by atoms with van der Waals surface area (Å²) in [7, 11) is 5.17. The fourth-order valence-electron chi connectivity index (χ4n) is 5.51. The zero-order chi connectivity index (χ0) is 21.6. The first-order valence-electron chi connectivity index (χ1n) is 9.86. The van der Waals surface area contributed by atoms with E-state index in [-0.39, 0.29) is 29.3 Å². The van der Waals surface area contributed by atoms with Crippen LogP contribution in [-0.4, -0.2) is 38.3 Å². The van der Waals surface area contributed by atoms with Crippen molar-refractivity contribution in [2.24, 2.45) is 17.1 Å². The van der Waals surface area contributed by atoms with Crippen molar-refractivity contribution in [2.45, 2.75) is 30.8 Å². The van der Waals surface area contributed by atoms with Crippen LogP contribution in [0.1, 0.15) is 24.3 Å². The van der Waals surface area contributed by atoms with Crippen molar-refractivity contribution in [1.29, 1.82) is 15.8 Å². The maximum atomic E-state index is 10.2. The smallest absolute Gasteiger partial charge is 0.191 e. The molecule has 152 valence electrons. The number of nitriles is 3. The molecule has 30 heavy (non-hydrogen) atoms. The van der Waals surface area contributed by atoms with Gasteiger partial charge in [0, 0.05) is 23.9 Å². The minimum Gasteiger partial charge on any atom is -0.493 e. The third kappa shape index (κ3) is 2.45. The summed E-state index contributed by atoms with van der Waals surface area (Å²) >= 11 is 0. The van der Waals surface area contributed by atoms with E-state index in [1.165, 1.54) is 0 Å². The molecule has 2 N–H and O–H groups in total. The SMILES string of the molecule is COc1ccc([C@H]2[C@@H]3C(=C[C@H]4CC[C@@H]3N4C)C(C#N)=C(N)C2(C#N)C#N)cc1OC. The van der Waals surface area contributed by atoms with Gasteiger partial charge < -0.3 is 15.2 Å². The molecule has 1 fully saturated rings. The summed E-state index contributed by atoms with van der Waals surface area (Å²) in [4.78, 5) is 2.29. The van der Waals surface area contributed by atoms with Crippen molar-refractivity contribution in [3.63, 3.8) is 0 Å². The summed E-state index contributed by atoms with van der Waals surface area (Å²) in [6, 6.07) is 12.4. The molecule has 0 radical (unpaired) electrons. The predicted octanol–water partition coefficient (Wildman–Crippen LogP) is 2.59. The lowest BCUT2D eigenvalue weighted by Crippen LogP contribution is -2.51. The van der Waals surface area contributed by atoms with Gasteiger partial charge >= 0.3 is 0 Å². The minimum absolute atomic E-state index is 0.0428. The number of nitrogens with two attached hydrogens (primary N) is 1. The molecule has 7 heteroatoms. The van der Waals surface area contributed by atoms with E-state index in [4.69, 9.17) is 15.2 Å². The normalized spacial score (nSPS) is 29.1. The highest BCUT2D eigenvalue weighted by molar-refractivity contribution is 5.61. The summed E-state index contributed by atoms with van der Waals surface area (Å²) in [6.45, 7) is 0. The Morgan fingerprint density at radius 3 is 2.40 bits per heavy atom. The Morgan fingerprint density at radius 2 is 1.80 bits per heavy atom. The molecule has 0 saturated carbocycles. The van der Waals surface area contributed by atoms with Gasteiger partial charge in [-0.15, -0.1) is 0 Å². The van der Waals surface area contributed by atoms with Crippen LogP contribution < -0.4 is 15.2 Å². The Hall–Kier alpha value is -3.47. The molecule has 4 rings (SSSR count).